The number of pyridine rings is 1. The van der Waals surface area contributed by atoms with Crippen molar-refractivity contribution in [1.29, 1.82) is 0 Å². The van der Waals surface area contributed by atoms with Crippen LogP contribution in [0.15, 0.2) is 42.6 Å². The van der Waals surface area contributed by atoms with Crippen molar-refractivity contribution < 1.29 is 23.1 Å². The van der Waals surface area contributed by atoms with Gasteiger partial charge in [0.1, 0.15) is 6.61 Å². The van der Waals surface area contributed by atoms with Crippen molar-refractivity contribution >= 4 is 18.7 Å². The summed E-state index contributed by atoms with van der Waals surface area (Å²) in [5.41, 5.74) is 1.05. The Hall–Kier alpha value is -1.26. The first-order valence-electron chi connectivity index (χ1n) is 5.53. The second kappa shape index (κ2) is 5.59. The average Bonchev–Trinajstić information content (AvgIpc) is 2.39. The Morgan fingerprint density at radius 1 is 1.28 bits per heavy atom. The van der Waals surface area contributed by atoms with Gasteiger partial charge in [0.05, 0.1) is 0 Å². The fourth-order valence-corrected chi connectivity index (χ4v) is 2.14. The highest BCUT2D eigenvalue weighted by Crippen LogP contribution is 2.41. The molecule has 0 saturated heterocycles. The van der Waals surface area contributed by atoms with Crippen molar-refractivity contribution in [2.24, 2.45) is 0 Å². The lowest BCUT2D eigenvalue weighted by Gasteiger charge is -2.07. The Kier molecular flexibility index (Phi) is 4.09. The SMILES string of the molecule is COP(=O)(O)OCC[n+]1cccc2ccccc21. The molecule has 1 N–H and O–H groups in total. The predicted octanol–water partition coefficient (Wildman–Crippen LogP) is 1.89. The largest absolute Gasteiger partial charge is 0.472 e. The van der Waals surface area contributed by atoms with Gasteiger partial charge in [-0.05, 0) is 12.1 Å². The average molecular weight is 268 g/mol. The molecule has 1 aromatic carbocycles. The van der Waals surface area contributed by atoms with Gasteiger partial charge in [-0.3, -0.25) is 9.05 Å². The molecule has 1 heterocycles. The van der Waals surface area contributed by atoms with E-state index in [2.05, 4.69) is 4.52 Å². The number of fused-ring (bicyclic) bond motifs is 1. The Morgan fingerprint density at radius 2 is 2.00 bits per heavy atom. The van der Waals surface area contributed by atoms with Crippen LogP contribution in [0, 0.1) is 0 Å². The smallest absolute Gasteiger partial charge is 0.302 e. The first-order chi connectivity index (χ1) is 8.62. The van der Waals surface area contributed by atoms with Gasteiger partial charge in [0.25, 0.3) is 0 Å². The maximum absolute atomic E-state index is 11.1. The second-order valence-electron chi connectivity index (χ2n) is 3.74. The monoisotopic (exact) mass is 268 g/mol. The van der Waals surface area contributed by atoms with Crippen LogP contribution in [0.2, 0.25) is 0 Å². The van der Waals surface area contributed by atoms with Crippen LogP contribution in [-0.2, 0) is 20.2 Å². The van der Waals surface area contributed by atoms with Crippen molar-refractivity contribution in [3.63, 3.8) is 0 Å². The molecule has 0 spiro atoms. The molecule has 6 heteroatoms. The van der Waals surface area contributed by atoms with Crippen molar-refractivity contribution in [1.82, 2.24) is 0 Å². The highest BCUT2D eigenvalue weighted by atomic mass is 31.2. The minimum Gasteiger partial charge on any atom is -0.302 e. The molecule has 0 bridgehead atoms. The van der Waals surface area contributed by atoms with Crippen molar-refractivity contribution in [3.05, 3.63) is 42.6 Å². The van der Waals surface area contributed by atoms with Crippen LogP contribution < -0.4 is 4.57 Å². The third-order valence-electron chi connectivity index (χ3n) is 2.61. The number of aromatic nitrogens is 1. The quantitative estimate of drug-likeness (QED) is 0.664. The number of para-hydroxylation sites is 1. The van der Waals surface area contributed by atoms with Gasteiger partial charge in [-0.15, -0.1) is 0 Å². The number of rotatable bonds is 5. The van der Waals surface area contributed by atoms with Crippen molar-refractivity contribution in [2.45, 2.75) is 6.54 Å². The number of benzene rings is 1. The van der Waals surface area contributed by atoms with Crippen LogP contribution in [0.5, 0.6) is 0 Å². The van der Waals surface area contributed by atoms with E-state index in [-0.39, 0.29) is 6.61 Å². The van der Waals surface area contributed by atoms with Gasteiger partial charge in [0.2, 0.25) is 5.52 Å². The molecule has 0 radical (unpaired) electrons. The lowest BCUT2D eigenvalue weighted by molar-refractivity contribution is -0.672. The second-order valence-corrected chi connectivity index (χ2v) is 5.31. The van der Waals surface area contributed by atoms with E-state index < -0.39 is 7.82 Å². The number of hydrogen-bond donors (Lipinski definition) is 1. The number of phosphoric ester groups is 1. The molecule has 2 aromatic rings. The van der Waals surface area contributed by atoms with Gasteiger partial charge in [-0.1, -0.05) is 12.1 Å². The Balaban J connectivity index is 2.11. The maximum atomic E-state index is 11.1. The van der Waals surface area contributed by atoms with E-state index in [1.807, 2.05) is 47.2 Å². The van der Waals surface area contributed by atoms with Gasteiger partial charge in [-0.2, -0.15) is 4.57 Å². The molecule has 0 aliphatic heterocycles. The van der Waals surface area contributed by atoms with Gasteiger partial charge in [-0.25, -0.2) is 4.57 Å². The van der Waals surface area contributed by atoms with Crippen molar-refractivity contribution in [2.75, 3.05) is 13.7 Å². The summed E-state index contributed by atoms with van der Waals surface area (Å²) in [5.74, 6) is 0. The molecule has 18 heavy (non-hydrogen) atoms. The molecule has 1 aromatic heterocycles. The normalized spacial score (nSPS) is 14.6. The summed E-state index contributed by atoms with van der Waals surface area (Å²) in [5, 5.41) is 1.11. The highest BCUT2D eigenvalue weighted by molar-refractivity contribution is 7.47. The fourth-order valence-electron chi connectivity index (χ4n) is 1.72. The summed E-state index contributed by atoms with van der Waals surface area (Å²) in [6, 6.07) is 11.9. The summed E-state index contributed by atoms with van der Waals surface area (Å²) in [4.78, 5) is 9.12. The lowest BCUT2D eigenvalue weighted by Crippen LogP contribution is -2.36. The van der Waals surface area contributed by atoms with Crippen LogP contribution in [-0.4, -0.2) is 18.6 Å². The molecule has 96 valence electrons. The fraction of sp³-hybridized carbons (Fsp3) is 0.250. The zero-order chi connectivity index (χ0) is 13.0. The van der Waals surface area contributed by atoms with E-state index in [1.54, 1.807) is 0 Å². The molecule has 0 aliphatic carbocycles. The molecule has 0 amide bonds. The predicted molar refractivity (Wildman–Crippen MR) is 66.9 cm³/mol. The number of nitrogens with zero attached hydrogens (tertiary/aromatic N) is 1. The molecule has 0 saturated carbocycles. The van der Waals surface area contributed by atoms with E-state index in [0.717, 1.165) is 18.0 Å². The van der Waals surface area contributed by atoms with Gasteiger partial charge >= 0.3 is 7.82 Å². The van der Waals surface area contributed by atoms with Crippen LogP contribution in [0.3, 0.4) is 0 Å². The maximum Gasteiger partial charge on any atom is 0.472 e. The molecule has 1 unspecified atom stereocenters. The number of hydrogen-bond acceptors (Lipinski definition) is 3. The third kappa shape index (κ3) is 3.15. The topological polar surface area (TPSA) is 59.6 Å². The molecular weight excluding hydrogens is 253 g/mol. The molecule has 5 nitrogen and oxygen atoms in total. The summed E-state index contributed by atoms with van der Waals surface area (Å²) in [6.45, 7) is 0.593. The van der Waals surface area contributed by atoms with E-state index in [4.69, 9.17) is 9.42 Å². The first-order valence-corrected chi connectivity index (χ1v) is 7.02. The summed E-state index contributed by atoms with van der Waals surface area (Å²) in [7, 11) is -2.74. The van der Waals surface area contributed by atoms with Crippen LogP contribution in [0.1, 0.15) is 0 Å². The lowest BCUT2D eigenvalue weighted by atomic mass is 10.2. The van der Waals surface area contributed by atoms with Crippen molar-refractivity contribution in [3.8, 4) is 0 Å². The van der Waals surface area contributed by atoms with Gasteiger partial charge in [0.15, 0.2) is 12.7 Å². The summed E-state index contributed by atoms with van der Waals surface area (Å²) < 4.78 is 22.2. The van der Waals surface area contributed by atoms with Crippen LogP contribution >= 0.6 is 7.82 Å². The molecule has 0 fully saturated rings. The standard InChI is InChI=1S/C12H14NO4P/c1-16-18(14,15)17-10-9-13-8-4-6-11-5-2-3-7-12(11)13/h2-8H,9-10H2,1H3/p+1. The Morgan fingerprint density at radius 3 is 2.78 bits per heavy atom. The zero-order valence-corrected chi connectivity index (χ0v) is 10.9. The van der Waals surface area contributed by atoms with Crippen LogP contribution in [0.4, 0.5) is 0 Å². The van der Waals surface area contributed by atoms with E-state index in [9.17, 15) is 4.57 Å². The van der Waals surface area contributed by atoms with Crippen LogP contribution in [0.25, 0.3) is 10.9 Å². The summed E-state index contributed by atoms with van der Waals surface area (Å²) in [6.07, 6.45) is 1.90. The number of phosphoric acid groups is 1. The molecule has 1 atom stereocenters. The molecule has 0 aliphatic rings. The highest BCUT2D eigenvalue weighted by Gasteiger charge is 2.19. The van der Waals surface area contributed by atoms with E-state index >= 15 is 0 Å². The van der Waals surface area contributed by atoms with Gasteiger partial charge < -0.3 is 4.89 Å². The first kappa shape index (κ1) is 13.2. The Bertz CT molecular complexity index is 582. The minimum atomic E-state index is -3.88. The zero-order valence-electron chi connectivity index (χ0n) is 10.0. The minimum absolute atomic E-state index is 0.111. The molecule has 2 rings (SSSR count). The third-order valence-corrected chi connectivity index (χ3v) is 3.58. The van der Waals surface area contributed by atoms with Gasteiger partial charge in [0, 0.05) is 24.6 Å². The molecular formula is C12H15NO4P+. The summed E-state index contributed by atoms with van der Waals surface area (Å²) >= 11 is 0. The Labute approximate surface area is 105 Å². The van der Waals surface area contributed by atoms with E-state index in [1.165, 1.54) is 0 Å². The van der Waals surface area contributed by atoms with E-state index in [0.29, 0.717) is 6.54 Å².